The van der Waals surface area contributed by atoms with Gasteiger partial charge in [0.25, 0.3) is 0 Å². The van der Waals surface area contributed by atoms with Crippen LogP contribution in [-0.4, -0.2) is 7.11 Å². The molecular weight excluding hydrogens is 205 g/mol. The third kappa shape index (κ3) is 2.05. The van der Waals surface area contributed by atoms with E-state index in [1.54, 1.807) is 18.2 Å². The number of methoxy groups -OCH3 is 1. The fourth-order valence-corrected chi connectivity index (χ4v) is 2.14. The van der Waals surface area contributed by atoms with Crippen molar-refractivity contribution < 1.29 is 9.13 Å². The molecule has 0 aromatic heterocycles. The maximum absolute atomic E-state index is 14.0. The third-order valence-electron chi connectivity index (χ3n) is 3.50. The van der Waals surface area contributed by atoms with E-state index in [2.05, 4.69) is 6.92 Å². The van der Waals surface area contributed by atoms with Crippen LogP contribution in [0.25, 0.3) is 0 Å². The largest absolute Gasteiger partial charge is 0.494 e. The zero-order chi connectivity index (χ0) is 11.7. The molecule has 1 fully saturated rings. The van der Waals surface area contributed by atoms with Crippen molar-refractivity contribution in [2.75, 3.05) is 7.11 Å². The Bertz CT molecular complexity index is 376. The maximum atomic E-state index is 14.0. The van der Waals surface area contributed by atoms with Crippen molar-refractivity contribution in [3.05, 3.63) is 29.6 Å². The standard InChI is InChI=1S/C13H18FNO/c1-8(9-6-7-9)13(15)10-4-3-5-11(16-2)12(10)14/h3-5,8-9,13H,6-7,15H2,1-2H3. The first-order valence-electron chi connectivity index (χ1n) is 5.73. The van der Waals surface area contributed by atoms with E-state index in [4.69, 9.17) is 10.5 Å². The molecule has 1 aromatic carbocycles. The average Bonchev–Trinajstić information content (AvgIpc) is 3.11. The van der Waals surface area contributed by atoms with Crippen LogP contribution in [0.2, 0.25) is 0 Å². The summed E-state index contributed by atoms with van der Waals surface area (Å²) >= 11 is 0. The summed E-state index contributed by atoms with van der Waals surface area (Å²) in [5.74, 6) is 0.961. The predicted octanol–water partition coefficient (Wildman–Crippen LogP) is 2.88. The molecule has 2 nitrogen and oxygen atoms in total. The molecule has 0 spiro atoms. The minimum absolute atomic E-state index is 0.234. The van der Waals surface area contributed by atoms with Gasteiger partial charge in [-0.05, 0) is 30.7 Å². The Kier molecular flexibility index (Phi) is 3.15. The normalized spacial score (nSPS) is 19.2. The molecule has 88 valence electrons. The number of benzene rings is 1. The number of halogens is 1. The molecule has 2 rings (SSSR count). The lowest BCUT2D eigenvalue weighted by atomic mass is 9.91. The van der Waals surface area contributed by atoms with Crippen LogP contribution in [-0.2, 0) is 0 Å². The highest BCUT2D eigenvalue weighted by Crippen LogP contribution is 2.42. The molecule has 0 radical (unpaired) electrons. The fourth-order valence-electron chi connectivity index (χ4n) is 2.14. The van der Waals surface area contributed by atoms with E-state index in [1.807, 2.05) is 0 Å². The van der Waals surface area contributed by atoms with Gasteiger partial charge < -0.3 is 10.5 Å². The minimum Gasteiger partial charge on any atom is -0.494 e. The van der Waals surface area contributed by atoms with Crippen LogP contribution >= 0.6 is 0 Å². The molecule has 16 heavy (non-hydrogen) atoms. The second-order valence-electron chi connectivity index (χ2n) is 4.59. The number of ether oxygens (including phenoxy) is 1. The van der Waals surface area contributed by atoms with E-state index in [0.29, 0.717) is 17.4 Å². The highest BCUT2D eigenvalue weighted by atomic mass is 19.1. The smallest absolute Gasteiger partial charge is 0.169 e. The maximum Gasteiger partial charge on any atom is 0.169 e. The Balaban J connectivity index is 2.24. The molecule has 1 aliphatic carbocycles. The molecule has 1 saturated carbocycles. The van der Waals surface area contributed by atoms with Gasteiger partial charge in [0.2, 0.25) is 0 Å². The van der Waals surface area contributed by atoms with Gasteiger partial charge in [-0.3, -0.25) is 0 Å². The summed E-state index contributed by atoms with van der Waals surface area (Å²) in [5, 5.41) is 0. The topological polar surface area (TPSA) is 35.2 Å². The lowest BCUT2D eigenvalue weighted by Gasteiger charge is -2.21. The number of rotatable bonds is 4. The van der Waals surface area contributed by atoms with Crippen molar-refractivity contribution in [1.82, 2.24) is 0 Å². The summed E-state index contributed by atoms with van der Waals surface area (Å²) in [6, 6.07) is 4.92. The van der Waals surface area contributed by atoms with Gasteiger partial charge in [0.15, 0.2) is 11.6 Å². The van der Waals surface area contributed by atoms with Crippen LogP contribution in [0, 0.1) is 17.7 Å². The van der Waals surface area contributed by atoms with Crippen LogP contribution in [0.15, 0.2) is 18.2 Å². The van der Waals surface area contributed by atoms with Gasteiger partial charge in [0.1, 0.15) is 0 Å². The second kappa shape index (κ2) is 4.42. The lowest BCUT2D eigenvalue weighted by Crippen LogP contribution is -2.22. The molecule has 1 aromatic rings. The Labute approximate surface area is 95.6 Å². The number of hydrogen-bond donors (Lipinski definition) is 1. The van der Waals surface area contributed by atoms with Gasteiger partial charge in [-0.1, -0.05) is 19.1 Å². The number of hydrogen-bond acceptors (Lipinski definition) is 2. The molecule has 3 heteroatoms. The summed E-state index contributed by atoms with van der Waals surface area (Å²) in [6.07, 6.45) is 2.45. The van der Waals surface area contributed by atoms with Crippen LogP contribution < -0.4 is 10.5 Å². The first-order valence-corrected chi connectivity index (χ1v) is 5.73. The van der Waals surface area contributed by atoms with Crippen molar-refractivity contribution in [2.45, 2.75) is 25.8 Å². The summed E-state index contributed by atoms with van der Waals surface area (Å²) in [4.78, 5) is 0. The minimum atomic E-state index is -0.315. The molecule has 1 aliphatic rings. The van der Waals surface area contributed by atoms with E-state index >= 15 is 0 Å². The van der Waals surface area contributed by atoms with E-state index in [1.165, 1.54) is 20.0 Å². The van der Waals surface area contributed by atoms with Gasteiger partial charge in [0.05, 0.1) is 7.11 Å². The quantitative estimate of drug-likeness (QED) is 0.851. The fraction of sp³-hybridized carbons (Fsp3) is 0.538. The van der Waals surface area contributed by atoms with Crippen molar-refractivity contribution in [3.8, 4) is 5.75 Å². The third-order valence-corrected chi connectivity index (χ3v) is 3.50. The average molecular weight is 223 g/mol. The van der Waals surface area contributed by atoms with Crippen LogP contribution in [0.4, 0.5) is 4.39 Å². The molecule has 0 bridgehead atoms. The van der Waals surface area contributed by atoms with E-state index in [-0.39, 0.29) is 17.6 Å². The highest BCUT2D eigenvalue weighted by Gasteiger charge is 2.33. The van der Waals surface area contributed by atoms with Gasteiger partial charge in [-0.15, -0.1) is 0 Å². The zero-order valence-electron chi connectivity index (χ0n) is 9.74. The molecule has 0 saturated heterocycles. The molecule has 2 N–H and O–H groups in total. The highest BCUT2D eigenvalue weighted by molar-refractivity contribution is 5.33. The van der Waals surface area contributed by atoms with Crippen molar-refractivity contribution in [1.29, 1.82) is 0 Å². The van der Waals surface area contributed by atoms with E-state index in [9.17, 15) is 4.39 Å². The van der Waals surface area contributed by atoms with E-state index in [0.717, 1.165) is 0 Å². The van der Waals surface area contributed by atoms with Gasteiger partial charge in [-0.2, -0.15) is 0 Å². The monoisotopic (exact) mass is 223 g/mol. The zero-order valence-corrected chi connectivity index (χ0v) is 9.74. The molecule has 0 heterocycles. The van der Waals surface area contributed by atoms with Gasteiger partial charge in [-0.25, -0.2) is 4.39 Å². The predicted molar refractivity (Wildman–Crippen MR) is 61.8 cm³/mol. The summed E-state index contributed by atoms with van der Waals surface area (Å²) < 4.78 is 18.9. The van der Waals surface area contributed by atoms with Crippen LogP contribution in [0.3, 0.4) is 0 Å². The Hall–Kier alpha value is -1.09. The summed E-state index contributed by atoms with van der Waals surface area (Å²) in [6.45, 7) is 2.10. The molecular formula is C13H18FNO. The van der Waals surface area contributed by atoms with Crippen LogP contribution in [0.1, 0.15) is 31.4 Å². The summed E-state index contributed by atoms with van der Waals surface area (Å²) in [7, 11) is 1.47. The molecule has 2 atom stereocenters. The lowest BCUT2D eigenvalue weighted by molar-refractivity contribution is 0.368. The van der Waals surface area contributed by atoms with Gasteiger partial charge >= 0.3 is 0 Å². The van der Waals surface area contributed by atoms with Crippen molar-refractivity contribution >= 4 is 0 Å². The van der Waals surface area contributed by atoms with Crippen molar-refractivity contribution in [3.63, 3.8) is 0 Å². The first-order chi connectivity index (χ1) is 7.65. The SMILES string of the molecule is COc1cccc(C(N)C(C)C2CC2)c1F. The summed E-state index contributed by atoms with van der Waals surface area (Å²) in [5.41, 5.74) is 6.68. The molecule has 0 amide bonds. The van der Waals surface area contributed by atoms with E-state index < -0.39 is 0 Å². The Morgan fingerprint density at radius 2 is 2.12 bits per heavy atom. The first kappa shape index (κ1) is 11.4. The molecule has 0 aliphatic heterocycles. The number of nitrogens with two attached hydrogens (primary N) is 1. The Morgan fingerprint density at radius 3 is 2.69 bits per heavy atom. The van der Waals surface area contributed by atoms with Gasteiger partial charge in [0, 0.05) is 11.6 Å². The van der Waals surface area contributed by atoms with Crippen molar-refractivity contribution in [2.24, 2.45) is 17.6 Å². The second-order valence-corrected chi connectivity index (χ2v) is 4.59. The molecule has 2 unspecified atom stereocenters. The van der Waals surface area contributed by atoms with Crippen LogP contribution in [0.5, 0.6) is 5.75 Å². The Morgan fingerprint density at radius 1 is 1.44 bits per heavy atom.